The van der Waals surface area contributed by atoms with Gasteiger partial charge < -0.3 is 14.9 Å². The first kappa shape index (κ1) is 10.7. The molecule has 78 valence electrons. The Labute approximate surface area is 82.1 Å². The summed E-state index contributed by atoms with van der Waals surface area (Å²) in [6.07, 6.45) is 0.551. The summed E-state index contributed by atoms with van der Waals surface area (Å²) in [5.74, 6) is 0.318. The zero-order valence-corrected chi connectivity index (χ0v) is 8.33. The highest BCUT2D eigenvalue weighted by Crippen LogP contribution is 2.11. The standard InChI is InChI=1S/C9H14N2O3/c1-6-8(7(2)14-11-6)9(13)10-4-3-5-12/h12H,3-5H2,1-2H3,(H,10,13). The van der Waals surface area contributed by atoms with Crippen LogP contribution in [0.2, 0.25) is 0 Å². The first-order valence-electron chi connectivity index (χ1n) is 4.48. The Kier molecular flexibility index (Phi) is 3.64. The molecular formula is C9H14N2O3. The van der Waals surface area contributed by atoms with Crippen molar-refractivity contribution in [2.45, 2.75) is 20.3 Å². The third-order valence-corrected chi connectivity index (χ3v) is 1.88. The molecule has 1 rings (SSSR count). The van der Waals surface area contributed by atoms with Gasteiger partial charge in [0.1, 0.15) is 11.3 Å². The minimum Gasteiger partial charge on any atom is -0.396 e. The van der Waals surface area contributed by atoms with Crippen molar-refractivity contribution in [3.8, 4) is 0 Å². The number of rotatable bonds is 4. The van der Waals surface area contributed by atoms with Gasteiger partial charge in [-0.15, -0.1) is 0 Å². The molecule has 0 unspecified atom stereocenters. The van der Waals surface area contributed by atoms with Gasteiger partial charge in [0.05, 0.1) is 5.69 Å². The SMILES string of the molecule is Cc1noc(C)c1C(=O)NCCCO. The number of aliphatic hydroxyl groups is 1. The highest BCUT2D eigenvalue weighted by molar-refractivity contribution is 5.95. The summed E-state index contributed by atoms with van der Waals surface area (Å²) in [6.45, 7) is 3.94. The molecule has 0 aliphatic carbocycles. The van der Waals surface area contributed by atoms with E-state index in [0.717, 1.165) is 0 Å². The summed E-state index contributed by atoms with van der Waals surface area (Å²) in [5, 5.41) is 14.9. The van der Waals surface area contributed by atoms with Crippen LogP contribution in [0.15, 0.2) is 4.52 Å². The average molecular weight is 198 g/mol. The third kappa shape index (κ3) is 2.32. The highest BCUT2D eigenvalue weighted by Gasteiger charge is 2.16. The second-order valence-corrected chi connectivity index (χ2v) is 3.03. The number of carbonyl (C=O) groups excluding carboxylic acids is 1. The molecular weight excluding hydrogens is 184 g/mol. The predicted molar refractivity (Wildman–Crippen MR) is 50.0 cm³/mol. The van der Waals surface area contributed by atoms with Crippen molar-refractivity contribution in [3.63, 3.8) is 0 Å². The lowest BCUT2D eigenvalue weighted by molar-refractivity contribution is 0.0949. The molecule has 0 aliphatic heterocycles. The van der Waals surface area contributed by atoms with Gasteiger partial charge in [0.15, 0.2) is 0 Å². The van der Waals surface area contributed by atoms with Crippen LogP contribution in [-0.2, 0) is 0 Å². The second-order valence-electron chi connectivity index (χ2n) is 3.03. The number of hydrogen-bond acceptors (Lipinski definition) is 4. The third-order valence-electron chi connectivity index (χ3n) is 1.88. The van der Waals surface area contributed by atoms with E-state index in [1.54, 1.807) is 13.8 Å². The number of aromatic nitrogens is 1. The Balaban J connectivity index is 2.60. The van der Waals surface area contributed by atoms with Crippen LogP contribution in [0.3, 0.4) is 0 Å². The molecule has 0 spiro atoms. The molecule has 5 heteroatoms. The van der Waals surface area contributed by atoms with E-state index >= 15 is 0 Å². The van der Waals surface area contributed by atoms with Crippen LogP contribution in [0.1, 0.15) is 28.2 Å². The fraction of sp³-hybridized carbons (Fsp3) is 0.556. The second kappa shape index (κ2) is 4.76. The van der Waals surface area contributed by atoms with Crippen LogP contribution in [-0.4, -0.2) is 29.3 Å². The lowest BCUT2D eigenvalue weighted by atomic mass is 10.2. The minimum absolute atomic E-state index is 0.0713. The summed E-state index contributed by atoms with van der Waals surface area (Å²) < 4.78 is 4.86. The maximum absolute atomic E-state index is 11.5. The zero-order valence-electron chi connectivity index (χ0n) is 8.33. The molecule has 2 N–H and O–H groups in total. The Bertz CT molecular complexity index is 300. The molecule has 0 saturated heterocycles. The van der Waals surface area contributed by atoms with Crippen molar-refractivity contribution >= 4 is 5.91 Å². The first-order chi connectivity index (χ1) is 6.66. The van der Waals surface area contributed by atoms with Crippen molar-refractivity contribution < 1.29 is 14.4 Å². The van der Waals surface area contributed by atoms with E-state index in [4.69, 9.17) is 9.63 Å². The molecule has 0 aromatic carbocycles. The van der Waals surface area contributed by atoms with E-state index in [9.17, 15) is 4.79 Å². The van der Waals surface area contributed by atoms with Crippen molar-refractivity contribution in [1.29, 1.82) is 0 Å². The fourth-order valence-electron chi connectivity index (χ4n) is 1.18. The number of carbonyl (C=O) groups is 1. The van der Waals surface area contributed by atoms with Gasteiger partial charge in [0.25, 0.3) is 5.91 Å². The quantitative estimate of drug-likeness (QED) is 0.687. The normalized spacial score (nSPS) is 10.2. The van der Waals surface area contributed by atoms with Gasteiger partial charge in [0, 0.05) is 13.2 Å². The molecule has 0 radical (unpaired) electrons. The van der Waals surface area contributed by atoms with Gasteiger partial charge in [-0.2, -0.15) is 0 Å². The number of nitrogens with one attached hydrogen (secondary N) is 1. The van der Waals surface area contributed by atoms with Crippen molar-refractivity contribution in [1.82, 2.24) is 10.5 Å². The Morgan fingerprint density at radius 3 is 2.79 bits per heavy atom. The van der Waals surface area contributed by atoms with Crippen molar-refractivity contribution in [3.05, 3.63) is 17.0 Å². The summed E-state index contributed by atoms with van der Waals surface area (Å²) in [5.41, 5.74) is 1.08. The van der Waals surface area contributed by atoms with E-state index in [1.165, 1.54) is 0 Å². The van der Waals surface area contributed by atoms with Gasteiger partial charge >= 0.3 is 0 Å². The van der Waals surface area contributed by atoms with Crippen molar-refractivity contribution in [2.75, 3.05) is 13.2 Å². The minimum atomic E-state index is -0.199. The van der Waals surface area contributed by atoms with Crippen molar-refractivity contribution in [2.24, 2.45) is 0 Å². The van der Waals surface area contributed by atoms with E-state index in [2.05, 4.69) is 10.5 Å². The molecule has 14 heavy (non-hydrogen) atoms. The number of nitrogens with zero attached hydrogens (tertiary/aromatic N) is 1. The number of amides is 1. The Morgan fingerprint density at radius 2 is 2.29 bits per heavy atom. The van der Waals surface area contributed by atoms with Crippen LogP contribution in [0.5, 0.6) is 0 Å². The molecule has 1 heterocycles. The molecule has 1 amide bonds. The smallest absolute Gasteiger partial charge is 0.256 e. The number of aliphatic hydroxyl groups excluding tert-OH is 1. The Hall–Kier alpha value is -1.36. The van der Waals surface area contributed by atoms with Crippen LogP contribution >= 0.6 is 0 Å². The molecule has 0 aliphatic rings. The topological polar surface area (TPSA) is 75.4 Å². The van der Waals surface area contributed by atoms with E-state index in [0.29, 0.717) is 30.0 Å². The van der Waals surface area contributed by atoms with Crippen LogP contribution in [0.25, 0.3) is 0 Å². The predicted octanol–water partition coefficient (Wildman–Crippen LogP) is 0.404. The molecule has 0 fully saturated rings. The summed E-state index contributed by atoms with van der Waals surface area (Å²) in [7, 11) is 0. The van der Waals surface area contributed by atoms with Gasteiger partial charge in [0.2, 0.25) is 0 Å². The van der Waals surface area contributed by atoms with E-state index in [-0.39, 0.29) is 12.5 Å². The summed E-state index contributed by atoms with van der Waals surface area (Å²) >= 11 is 0. The molecule has 1 aromatic rings. The zero-order chi connectivity index (χ0) is 10.6. The Morgan fingerprint density at radius 1 is 1.57 bits per heavy atom. The molecule has 0 bridgehead atoms. The maximum Gasteiger partial charge on any atom is 0.256 e. The molecule has 0 atom stereocenters. The molecule has 0 saturated carbocycles. The highest BCUT2D eigenvalue weighted by atomic mass is 16.5. The summed E-state index contributed by atoms with van der Waals surface area (Å²) in [4.78, 5) is 11.5. The molecule has 5 nitrogen and oxygen atoms in total. The van der Waals surface area contributed by atoms with Gasteiger partial charge in [-0.05, 0) is 20.3 Å². The van der Waals surface area contributed by atoms with Crippen LogP contribution in [0, 0.1) is 13.8 Å². The van der Waals surface area contributed by atoms with E-state index < -0.39 is 0 Å². The van der Waals surface area contributed by atoms with Crippen LogP contribution < -0.4 is 5.32 Å². The number of aryl methyl sites for hydroxylation is 2. The van der Waals surface area contributed by atoms with Gasteiger partial charge in [-0.3, -0.25) is 4.79 Å². The summed E-state index contributed by atoms with van der Waals surface area (Å²) in [6, 6.07) is 0. The van der Waals surface area contributed by atoms with Gasteiger partial charge in [-0.25, -0.2) is 0 Å². The van der Waals surface area contributed by atoms with Gasteiger partial charge in [-0.1, -0.05) is 5.16 Å². The maximum atomic E-state index is 11.5. The van der Waals surface area contributed by atoms with E-state index in [1.807, 2.05) is 0 Å². The first-order valence-corrected chi connectivity index (χ1v) is 4.48. The largest absolute Gasteiger partial charge is 0.396 e. The van der Waals surface area contributed by atoms with Crippen LogP contribution in [0.4, 0.5) is 0 Å². The fourth-order valence-corrected chi connectivity index (χ4v) is 1.18. The lowest BCUT2D eigenvalue weighted by Crippen LogP contribution is -2.25. The number of hydrogen-bond donors (Lipinski definition) is 2. The lowest BCUT2D eigenvalue weighted by Gasteiger charge is -2.02. The average Bonchev–Trinajstić information content (AvgIpc) is 2.46. The molecule has 1 aromatic heterocycles. The monoisotopic (exact) mass is 198 g/mol.